The van der Waals surface area contributed by atoms with E-state index in [1.807, 2.05) is 4.90 Å². The van der Waals surface area contributed by atoms with Crippen molar-refractivity contribution in [2.45, 2.75) is 39.5 Å². The second-order valence-corrected chi connectivity index (χ2v) is 6.26. The number of hydrogen-bond acceptors (Lipinski definition) is 2. The number of aliphatic imine (C=N–C) groups is 1. The van der Waals surface area contributed by atoms with Crippen LogP contribution in [0.5, 0.6) is 0 Å². The lowest BCUT2D eigenvalue weighted by Crippen LogP contribution is -2.38. The van der Waals surface area contributed by atoms with Crippen LogP contribution in [0.3, 0.4) is 0 Å². The number of likely N-dealkylation sites (tertiary alicyclic amines) is 1. The summed E-state index contributed by atoms with van der Waals surface area (Å²) in [6.45, 7) is 8.36. The van der Waals surface area contributed by atoms with Gasteiger partial charge in [-0.1, -0.05) is 29.8 Å². The van der Waals surface area contributed by atoms with Gasteiger partial charge in [-0.05, 0) is 38.7 Å². The second-order valence-electron chi connectivity index (χ2n) is 6.26. The van der Waals surface area contributed by atoms with E-state index in [0.29, 0.717) is 12.3 Å². The van der Waals surface area contributed by atoms with E-state index >= 15 is 0 Å². The third kappa shape index (κ3) is 8.07. The first-order valence-corrected chi connectivity index (χ1v) is 9.04. The first-order chi connectivity index (χ1) is 11.7. The van der Waals surface area contributed by atoms with Crippen molar-refractivity contribution in [3.63, 3.8) is 0 Å². The second kappa shape index (κ2) is 12.1. The maximum absolute atomic E-state index is 11.6. The number of hydrogen-bond donors (Lipinski definition) is 2. The van der Waals surface area contributed by atoms with Gasteiger partial charge in [0.2, 0.25) is 5.91 Å². The van der Waals surface area contributed by atoms with Crippen LogP contribution >= 0.6 is 24.0 Å². The summed E-state index contributed by atoms with van der Waals surface area (Å²) in [5, 5.41) is 6.65. The molecule has 1 aliphatic rings. The van der Waals surface area contributed by atoms with Crippen LogP contribution in [-0.4, -0.2) is 49.5 Å². The quantitative estimate of drug-likeness (QED) is 0.273. The molecule has 1 aliphatic heterocycles. The Morgan fingerprint density at radius 1 is 1.24 bits per heavy atom. The van der Waals surface area contributed by atoms with Gasteiger partial charge in [-0.15, -0.1) is 24.0 Å². The maximum Gasteiger partial charge on any atom is 0.222 e. The van der Waals surface area contributed by atoms with Crippen molar-refractivity contribution in [3.05, 3.63) is 35.4 Å². The monoisotopic (exact) mass is 458 g/mol. The zero-order chi connectivity index (χ0) is 17.2. The Hall–Kier alpha value is -1.31. The minimum absolute atomic E-state index is 0. The molecule has 1 heterocycles. The molecule has 2 N–H and O–H groups in total. The van der Waals surface area contributed by atoms with Gasteiger partial charge in [-0.3, -0.25) is 9.79 Å². The number of rotatable bonds is 8. The van der Waals surface area contributed by atoms with Crippen LogP contribution in [0.15, 0.2) is 29.3 Å². The molecular formula is C19H31IN4O. The molecule has 140 valence electrons. The van der Waals surface area contributed by atoms with E-state index in [1.165, 1.54) is 11.1 Å². The maximum atomic E-state index is 11.6. The van der Waals surface area contributed by atoms with Crippen molar-refractivity contribution < 1.29 is 4.79 Å². The fourth-order valence-corrected chi connectivity index (χ4v) is 2.81. The summed E-state index contributed by atoms with van der Waals surface area (Å²) < 4.78 is 0. The Balaban J connectivity index is 0.00000312. The Kier molecular flexibility index (Phi) is 10.5. The number of benzene rings is 1. The fraction of sp³-hybridized carbons (Fsp3) is 0.579. The van der Waals surface area contributed by atoms with Crippen LogP contribution in [-0.2, 0) is 11.2 Å². The zero-order valence-electron chi connectivity index (χ0n) is 15.4. The topological polar surface area (TPSA) is 56.7 Å². The van der Waals surface area contributed by atoms with Crippen molar-refractivity contribution in [3.8, 4) is 0 Å². The van der Waals surface area contributed by atoms with Gasteiger partial charge in [0.05, 0.1) is 0 Å². The number of nitrogens with zero attached hydrogens (tertiary/aromatic N) is 2. The summed E-state index contributed by atoms with van der Waals surface area (Å²) in [5.74, 6) is 1.15. The highest BCUT2D eigenvalue weighted by molar-refractivity contribution is 14.0. The number of guanidine groups is 1. The molecule has 0 radical (unpaired) electrons. The Morgan fingerprint density at radius 3 is 2.64 bits per heavy atom. The predicted octanol–water partition coefficient (Wildman–Crippen LogP) is 2.72. The number of halogens is 1. The van der Waals surface area contributed by atoms with Crippen molar-refractivity contribution in [2.24, 2.45) is 4.99 Å². The SMILES string of the molecule is CCNC(=NCCCN1CCCC1=O)NCCc1ccc(C)cc1.I. The molecule has 0 atom stereocenters. The summed E-state index contributed by atoms with van der Waals surface area (Å²) in [6.07, 6.45) is 3.62. The highest BCUT2D eigenvalue weighted by Crippen LogP contribution is 2.09. The van der Waals surface area contributed by atoms with E-state index in [9.17, 15) is 4.79 Å². The van der Waals surface area contributed by atoms with Gasteiger partial charge < -0.3 is 15.5 Å². The Labute approximate surface area is 168 Å². The van der Waals surface area contributed by atoms with Crippen LogP contribution in [0.4, 0.5) is 0 Å². The molecular weight excluding hydrogens is 427 g/mol. The van der Waals surface area contributed by atoms with Gasteiger partial charge in [-0.2, -0.15) is 0 Å². The first kappa shape index (κ1) is 21.7. The molecule has 0 aromatic heterocycles. The van der Waals surface area contributed by atoms with Gasteiger partial charge in [-0.25, -0.2) is 0 Å². The highest BCUT2D eigenvalue weighted by atomic mass is 127. The molecule has 25 heavy (non-hydrogen) atoms. The Morgan fingerprint density at radius 2 is 2.00 bits per heavy atom. The number of aryl methyl sites for hydroxylation is 1. The Bertz CT molecular complexity index is 545. The van der Waals surface area contributed by atoms with Gasteiger partial charge >= 0.3 is 0 Å². The summed E-state index contributed by atoms with van der Waals surface area (Å²) in [4.78, 5) is 18.1. The lowest BCUT2D eigenvalue weighted by atomic mass is 10.1. The predicted molar refractivity (Wildman–Crippen MR) is 115 cm³/mol. The number of amides is 1. The van der Waals surface area contributed by atoms with Crippen molar-refractivity contribution in [1.29, 1.82) is 0 Å². The van der Waals surface area contributed by atoms with Crippen molar-refractivity contribution in [1.82, 2.24) is 15.5 Å². The minimum Gasteiger partial charge on any atom is -0.357 e. The lowest BCUT2D eigenvalue weighted by molar-refractivity contribution is -0.127. The van der Waals surface area contributed by atoms with E-state index in [2.05, 4.69) is 53.7 Å². The van der Waals surface area contributed by atoms with E-state index in [1.54, 1.807) is 0 Å². The molecule has 1 amide bonds. The average molecular weight is 458 g/mol. The molecule has 1 saturated heterocycles. The lowest BCUT2D eigenvalue weighted by Gasteiger charge is -2.15. The molecule has 5 nitrogen and oxygen atoms in total. The van der Waals surface area contributed by atoms with Gasteiger partial charge in [0.1, 0.15) is 0 Å². The zero-order valence-corrected chi connectivity index (χ0v) is 17.7. The van der Waals surface area contributed by atoms with Gasteiger partial charge in [0.15, 0.2) is 5.96 Å². The molecule has 6 heteroatoms. The van der Waals surface area contributed by atoms with E-state index in [0.717, 1.165) is 57.9 Å². The van der Waals surface area contributed by atoms with Crippen LogP contribution < -0.4 is 10.6 Å². The van der Waals surface area contributed by atoms with Crippen LogP contribution in [0.25, 0.3) is 0 Å². The molecule has 1 aromatic rings. The summed E-state index contributed by atoms with van der Waals surface area (Å²) in [6, 6.07) is 8.64. The minimum atomic E-state index is 0. The molecule has 0 spiro atoms. The third-order valence-electron chi connectivity index (χ3n) is 4.20. The highest BCUT2D eigenvalue weighted by Gasteiger charge is 2.18. The number of carbonyl (C=O) groups is 1. The van der Waals surface area contributed by atoms with E-state index < -0.39 is 0 Å². The van der Waals surface area contributed by atoms with Gasteiger partial charge in [0.25, 0.3) is 0 Å². The standard InChI is InChI=1S/C19H30N4O.HI/c1-3-20-19(21-12-5-15-23-14-4-6-18(23)24)22-13-11-17-9-7-16(2)8-10-17;/h7-10H,3-6,11-15H2,1-2H3,(H2,20,21,22);1H. The number of carbonyl (C=O) groups excluding carboxylic acids is 1. The normalized spacial score (nSPS) is 14.4. The molecule has 2 rings (SSSR count). The number of nitrogens with one attached hydrogen (secondary N) is 2. The third-order valence-corrected chi connectivity index (χ3v) is 4.20. The van der Waals surface area contributed by atoms with Crippen molar-refractivity contribution in [2.75, 3.05) is 32.7 Å². The van der Waals surface area contributed by atoms with Crippen LogP contribution in [0.2, 0.25) is 0 Å². The first-order valence-electron chi connectivity index (χ1n) is 9.04. The largest absolute Gasteiger partial charge is 0.357 e. The van der Waals surface area contributed by atoms with E-state index in [-0.39, 0.29) is 24.0 Å². The van der Waals surface area contributed by atoms with Crippen LogP contribution in [0.1, 0.15) is 37.3 Å². The smallest absolute Gasteiger partial charge is 0.222 e. The molecule has 1 fully saturated rings. The average Bonchev–Trinajstić information content (AvgIpc) is 2.98. The van der Waals surface area contributed by atoms with Crippen LogP contribution in [0, 0.1) is 6.92 Å². The molecule has 0 bridgehead atoms. The summed E-state index contributed by atoms with van der Waals surface area (Å²) in [7, 11) is 0. The summed E-state index contributed by atoms with van der Waals surface area (Å²) in [5.41, 5.74) is 2.62. The summed E-state index contributed by atoms with van der Waals surface area (Å²) >= 11 is 0. The molecule has 0 aliphatic carbocycles. The molecule has 0 saturated carbocycles. The van der Waals surface area contributed by atoms with Crippen molar-refractivity contribution >= 4 is 35.8 Å². The van der Waals surface area contributed by atoms with E-state index in [4.69, 9.17) is 0 Å². The van der Waals surface area contributed by atoms with Gasteiger partial charge in [0, 0.05) is 39.1 Å². The molecule has 0 unspecified atom stereocenters. The fourth-order valence-electron chi connectivity index (χ4n) is 2.81. The molecule has 1 aromatic carbocycles.